The molecule has 12 unspecified atom stereocenters. The number of carbonyl (C=O) groups excluding carboxylic acids is 8. The first-order chi connectivity index (χ1) is 54.4. The number of rotatable bonds is 27. The maximum Gasteiger partial charge on any atom is 0.169 e. The van der Waals surface area contributed by atoms with Gasteiger partial charge in [-0.1, -0.05) is 124 Å². The Bertz CT molecular complexity index is 3570. The molecule has 12 atom stereocenters. The molecule has 682 valence electrons. The monoisotopic (exact) mass is 1680 g/mol. The lowest BCUT2D eigenvalue weighted by Gasteiger charge is -2.43. The molecule has 23 N–H and O–H groups in total. The lowest BCUT2D eigenvalue weighted by Crippen LogP contribution is -2.58. The molecule has 0 radical (unpaired) electrons. The summed E-state index contributed by atoms with van der Waals surface area (Å²) >= 11 is 0. The summed E-state index contributed by atoms with van der Waals surface area (Å²) in [6.45, 7) is 44.5. The van der Waals surface area contributed by atoms with Crippen molar-refractivity contribution in [2.24, 2.45) is 119 Å². The van der Waals surface area contributed by atoms with Gasteiger partial charge in [-0.15, -0.1) is 0 Å². The van der Waals surface area contributed by atoms with Gasteiger partial charge in [-0.3, -0.25) is 63.3 Å². The fourth-order valence-electron chi connectivity index (χ4n) is 17.0. The second kappa shape index (κ2) is 47.6. The van der Waals surface area contributed by atoms with E-state index in [1.807, 2.05) is 76.2 Å². The van der Waals surface area contributed by atoms with Crippen LogP contribution in [-0.2, 0) is 38.4 Å². The van der Waals surface area contributed by atoms with Crippen molar-refractivity contribution in [2.75, 3.05) is 0 Å². The Morgan fingerprint density at radius 1 is 0.328 bits per heavy atom. The second-order valence-corrected chi connectivity index (χ2v) is 37.8. The van der Waals surface area contributed by atoms with Gasteiger partial charge in [0.05, 0.1) is 65.2 Å². The number of aliphatic hydroxyl groups is 8. The quantitative estimate of drug-likeness (QED) is 0.0269. The minimum atomic E-state index is -1.30. The van der Waals surface area contributed by atoms with Crippen LogP contribution in [0.2, 0.25) is 0 Å². The van der Waals surface area contributed by atoms with E-state index in [1.54, 1.807) is 83.1 Å². The van der Waals surface area contributed by atoms with Gasteiger partial charge in [0.15, 0.2) is 46.3 Å². The summed E-state index contributed by atoms with van der Waals surface area (Å²) in [6, 6.07) is -1.30. The molecule has 30 nitrogen and oxygen atoms in total. The van der Waals surface area contributed by atoms with E-state index in [0.717, 1.165) is 77.0 Å². The van der Waals surface area contributed by atoms with Gasteiger partial charge in [0, 0.05) is 84.1 Å². The van der Waals surface area contributed by atoms with Crippen LogP contribution in [0.4, 0.5) is 0 Å². The van der Waals surface area contributed by atoms with Crippen LogP contribution in [0.1, 0.15) is 320 Å². The molecular formula is C89H160N14O16. The van der Waals surface area contributed by atoms with Crippen molar-refractivity contribution in [1.82, 2.24) is 5.32 Å². The van der Waals surface area contributed by atoms with Crippen LogP contribution in [0.5, 0.6) is 0 Å². The number of amidine groups is 5. The summed E-state index contributed by atoms with van der Waals surface area (Å²) in [5.74, 6) is 1.65. The van der Waals surface area contributed by atoms with Gasteiger partial charge in [-0.05, 0) is 195 Å². The smallest absolute Gasteiger partial charge is 0.169 e. The predicted octanol–water partition coefficient (Wildman–Crippen LogP) is 8.83. The number of hydrogen-bond donors (Lipinski definition) is 17. The first-order valence-electron chi connectivity index (χ1n) is 43.3. The van der Waals surface area contributed by atoms with Crippen LogP contribution in [-0.4, -0.2) is 209 Å². The summed E-state index contributed by atoms with van der Waals surface area (Å²) in [5.41, 5.74) is 24.5. The van der Waals surface area contributed by atoms with Gasteiger partial charge in [-0.25, -0.2) is 0 Å². The third-order valence-corrected chi connectivity index (χ3v) is 23.2. The highest BCUT2D eigenvalue weighted by molar-refractivity contribution is 5.95. The summed E-state index contributed by atoms with van der Waals surface area (Å²) < 4.78 is 0. The number of nitrogens with two attached hydrogens (primary N) is 6. The summed E-state index contributed by atoms with van der Waals surface area (Å²) in [4.78, 5) is 115. The van der Waals surface area contributed by atoms with Gasteiger partial charge in [0.2, 0.25) is 0 Å². The highest BCUT2D eigenvalue weighted by Crippen LogP contribution is 2.45. The Balaban J connectivity index is 0.000000681. The Morgan fingerprint density at radius 3 is 1.00 bits per heavy atom. The highest BCUT2D eigenvalue weighted by Gasteiger charge is 2.60. The minimum absolute atomic E-state index is 0.00792. The fraction of sp³-hybridized carbons (Fsp3) is 0.809. The van der Waals surface area contributed by atoms with Crippen LogP contribution in [0.3, 0.4) is 0 Å². The maximum atomic E-state index is 12.1. The molecule has 0 saturated heterocycles. The average molecular weight is 1680 g/mol. The molecule has 0 heterocycles. The molecule has 8 rings (SSSR count). The number of nitrogens with one attached hydrogen (secondary N) is 3. The first kappa shape index (κ1) is 110. The van der Waals surface area contributed by atoms with Crippen LogP contribution in [0.15, 0.2) is 37.4 Å². The molecule has 119 heavy (non-hydrogen) atoms. The molecular weight excluding hydrogens is 1520 g/mol. The van der Waals surface area contributed by atoms with E-state index in [4.69, 9.17) is 45.2 Å². The number of hydrogen-bond acceptors (Lipinski definition) is 25. The van der Waals surface area contributed by atoms with E-state index in [-0.39, 0.29) is 130 Å². The SMILES string of the molecule is C=C(N)NC1CCC(O)(C(=O)C(C)C)C1.CC(=N)CC1CC(O)(C(=O)C(C)C)C1.CC(=N)CC1CCC(O)(C(=O)C(C)C)CC1.CC(N)=NC1CC1(O)C(=O)C(C)C.CC(N)=NC1CCC1(O)C(=O)C(C)C.CC(N)=NC1CCCC(O)(C(=O)C(C)C)C1.CC(N)=NC1CCCC1(O)C(=O)C(C)C.CC(N)=NC1CCCCC1(O)C(=O)C(C)C. The molecule has 8 aliphatic rings. The third kappa shape index (κ3) is 33.7. The fourth-order valence-corrected chi connectivity index (χ4v) is 17.0. The van der Waals surface area contributed by atoms with E-state index >= 15 is 0 Å². The molecule has 0 aromatic rings. The number of nitrogens with zero attached hydrogens (tertiary/aromatic N) is 5. The molecule has 0 aromatic heterocycles. The zero-order valence-electron chi connectivity index (χ0n) is 76.7. The van der Waals surface area contributed by atoms with E-state index < -0.39 is 44.8 Å². The summed E-state index contributed by atoms with van der Waals surface area (Å²) in [5, 5.41) is 99.0. The van der Waals surface area contributed by atoms with Crippen molar-refractivity contribution in [3.05, 3.63) is 12.4 Å². The van der Waals surface area contributed by atoms with E-state index in [1.165, 1.54) is 0 Å². The molecule has 8 aliphatic carbocycles. The molecule has 0 bridgehead atoms. The molecule has 8 saturated carbocycles. The van der Waals surface area contributed by atoms with E-state index in [2.05, 4.69) is 36.9 Å². The standard InChI is InChI=1S/C13H23NO2.2C12H22N2O2.2C11H20N2O2.C11H19NO2.C10H18N2O2.C9H16N2O2/c1-9(2)12(15)13(16)6-4-11(5-7-13)8-10(3)14;1-8(2)11(15)12(16)6-4-5-10(7-12)14-9(3)13;1-8(2)11(15)12(16)7-5-4-6-10(12)14-9(3)13;1-7(2)10(14)11(15)5-4-9(6-11)13-8(3)12;1-7(2)10(14)11(15)6-4-5-9(11)13-8(3)12;1-7(2)10(13)11(14)5-9(6-11)4-8(3)12;1-6(2)9(13)10(14)5-4-8(10)12-7(3)11;1-5(2)8(12)9(13)4-7(9)11-6(3)10/h9,11,14,16H,4-8H2,1-3H3;2*8,10,16H,4-7H2,1-3H3,(H2,13,14);7,9,13,15H,3-6,12H2,1-2H3;7,9,15H,4-6H2,1-3H3,(H2,12,13);7,9,12,14H,4-6H2,1-3H3;6,8,14H,4-5H2,1-3H3,(H2,11,12);5,7,13H,4H2,1-3H3,(H2,10,11). The molecule has 0 spiro atoms. The zero-order valence-corrected chi connectivity index (χ0v) is 76.7. The second-order valence-electron chi connectivity index (χ2n) is 37.8. The largest absolute Gasteiger partial charge is 0.388 e. The number of ketones is 8. The lowest BCUT2D eigenvalue weighted by atomic mass is 9.65. The van der Waals surface area contributed by atoms with Crippen molar-refractivity contribution < 1.29 is 79.2 Å². The van der Waals surface area contributed by atoms with E-state index in [9.17, 15) is 79.2 Å². The topological polar surface area (TPSA) is 576 Å². The Morgan fingerprint density at radius 2 is 0.639 bits per heavy atom. The summed E-state index contributed by atoms with van der Waals surface area (Å²) in [7, 11) is 0. The highest BCUT2D eigenvalue weighted by atomic mass is 16.3. The molecule has 8 fully saturated rings. The van der Waals surface area contributed by atoms with Crippen molar-refractivity contribution >= 4 is 86.9 Å². The Kier molecular flexibility index (Phi) is 44.1. The lowest BCUT2D eigenvalue weighted by molar-refractivity contribution is -0.155. The van der Waals surface area contributed by atoms with Crippen molar-refractivity contribution in [1.29, 1.82) is 10.8 Å². The molecule has 0 aromatic carbocycles. The molecule has 30 heteroatoms. The minimum Gasteiger partial charge on any atom is -0.388 e. The van der Waals surface area contributed by atoms with Gasteiger partial charge >= 0.3 is 0 Å². The van der Waals surface area contributed by atoms with Crippen LogP contribution in [0, 0.1) is 70.0 Å². The van der Waals surface area contributed by atoms with Crippen molar-refractivity contribution in [3.8, 4) is 0 Å². The predicted molar refractivity (Wildman–Crippen MR) is 473 cm³/mol. The van der Waals surface area contributed by atoms with Gasteiger partial charge in [0.25, 0.3) is 0 Å². The number of carbonyl (C=O) groups is 8. The number of aliphatic imine (C=N–C) groups is 5. The molecule has 0 amide bonds. The van der Waals surface area contributed by atoms with Gasteiger partial charge in [0.1, 0.15) is 44.8 Å². The molecule has 0 aliphatic heterocycles. The maximum absolute atomic E-state index is 12.1. The van der Waals surface area contributed by atoms with Crippen molar-refractivity contribution in [3.63, 3.8) is 0 Å². The first-order valence-corrected chi connectivity index (χ1v) is 43.3. The van der Waals surface area contributed by atoms with E-state index in [0.29, 0.717) is 142 Å². The third-order valence-electron chi connectivity index (χ3n) is 23.2. The van der Waals surface area contributed by atoms with Gasteiger partial charge in [-0.2, -0.15) is 0 Å². The Labute approximate surface area is 710 Å². The average Bonchev–Trinajstić information content (AvgIpc) is 1.62. The normalized spacial score (nSPS) is 31.8. The van der Waals surface area contributed by atoms with Crippen LogP contribution in [0.25, 0.3) is 0 Å². The Hall–Kier alpha value is -6.93. The van der Waals surface area contributed by atoms with Crippen LogP contribution < -0.4 is 39.7 Å². The van der Waals surface area contributed by atoms with Crippen LogP contribution >= 0.6 is 0 Å². The van der Waals surface area contributed by atoms with Crippen molar-refractivity contribution in [2.45, 2.75) is 401 Å². The zero-order chi connectivity index (χ0) is 92.4. The van der Waals surface area contributed by atoms with Gasteiger partial charge < -0.3 is 91.4 Å². The number of Topliss-reactive ketones (excluding diaryl/α,β-unsaturated/α-hetero) is 8. The summed E-state index contributed by atoms with van der Waals surface area (Å²) in [6.07, 6.45) is 16.7.